The molecule has 2 amide bonds. The maximum absolute atomic E-state index is 12.6. The van der Waals surface area contributed by atoms with E-state index in [0.717, 1.165) is 0 Å². The lowest BCUT2D eigenvalue weighted by Crippen LogP contribution is -2.50. The second-order valence-corrected chi connectivity index (χ2v) is 6.38. The number of ether oxygens (including phenoxy) is 1. The van der Waals surface area contributed by atoms with E-state index in [4.69, 9.17) is 11.6 Å². The Labute approximate surface area is 160 Å². The van der Waals surface area contributed by atoms with Gasteiger partial charge >= 0.3 is 6.61 Å². The summed E-state index contributed by atoms with van der Waals surface area (Å²) in [7, 11) is 0. The van der Waals surface area contributed by atoms with E-state index in [1.165, 1.54) is 18.2 Å². The molecule has 1 aliphatic heterocycles. The van der Waals surface area contributed by atoms with Gasteiger partial charge in [-0.3, -0.25) is 9.59 Å². The predicted octanol–water partition coefficient (Wildman–Crippen LogP) is 3.54. The minimum atomic E-state index is -2.95. The highest BCUT2D eigenvalue weighted by molar-refractivity contribution is 6.33. The molecule has 1 fully saturated rings. The molecule has 8 heteroatoms. The highest BCUT2D eigenvalue weighted by atomic mass is 35.5. The van der Waals surface area contributed by atoms with E-state index in [2.05, 4.69) is 4.74 Å². The molecule has 1 aliphatic rings. The predicted molar refractivity (Wildman–Crippen MR) is 96.3 cm³/mol. The number of hydrogen-bond donors (Lipinski definition) is 0. The first kappa shape index (κ1) is 19.1. The molecule has 0 atom stereocenters. The maximum atomic E-state index is 12.6. The molecule has 0 unspecified atom stereocenters. The van der Waals surface area contributed by atoms with Crippen LogP contribution in [0.5, 0.6) is 5.75 Å². The second kappa shape index (κ2) is 8.35. The zero-order valence-corrected chi connectivity index (χ0v) is 15.0. The van der Waals surface area contributed by atoms with Gasteiger partial charge in [-0.2, -0.15) is 8.78 Å². The normalized spacial score (nSPS) is 14.4. The third-order valence-corrected chi connectivity index (χ3v) is 4.59. The SMILES string of the molecule is O=C(c1cccc(OC(F)F)c1)N1CCN(C(=O)c2ccccc2Cl)CC1. The largest absolute Gasteiger partial charge is 0.435 e. The molecule has 142 valence electrons. The number of halogens is 3. The van der Waals surface area contributed by atoms with Gasteiger partial charge in [0, 0.05) is 31.7 Å². The standard InChI is InChI=1S/C19H17ClF2N2O3/c20-16-7-2-1-6-15(16)18(26)24-10-8-23(9-11-24)17(25)13-4-3-5-14(12-13)27-19(21)22/h1-7,12,19H,8-11H2. The Balaban J connectivity index is 1.63. The van der Waals surface area contributed by atoms with Crippen molar-refractivity contribution < 1.29 is 23.1 Å². The first-order valence-corrected chi connectivity index (χ1v) is 8.71. The third kappa shape index (κ3) is 4.54. The van der Waals surface area contributed by atoms with E-state index < -0.39 is 6.61 Å². The van der Waals surface area contributed by atoms with Crippen LogP contribution in [-0.4, -0.2) is 54.4 Å². The van der Waals surface area contributed by atoms with Gasteiger partial charge in [-0.05, 0) is 30.3 Å². The van der Waals surface area contributed by atoms with E-state index in [0.29, 0.717) is 36.8 Å². The highest BCUT2D eigenvalue weighted by Crippen LogP contribution is 2.20. The van der Waals surface area contributed by atoms with Crippen molar-refractivity contribution >= 4 is 23.4 Å². The molecule has 0 spiro atoms. The average Bonchev–Trinajstić information content (AvgIpc) is 2.67. The van der Waals surface area contributed by atoms with Gasteiger partial charge in [-0.25, -0.2) is 0 Å². The van der Waals surface area contributed by atoms with Gasteiger partial charge in [0.25, 0.3) is 11.8 Å². The topological polar surface area (TPSA) is 49.9 Å². The van der Waals surface area contributed by atoms with Crippen LogP contribution in [0.1, 0.15) is 20.7 Å². The summed E-state index contributed by atoms with van der Waals surface area (Å²) < 4.78 is 29.0. The number of amides is 2. The summed E-state index contributed by atoms with van der Waals surface area (Å²) in [5.41, 5.74) is 0.690. The fourth-order valence-electron chi connectivity index (χ4n) is 2.91. The lowest BCUT2D eigenvalue weighted by molar-refractivity contribution is -0.0499. The molecule has 27 heavy (non-hydrogen) atoms. The molecule has 0 aromatic heterocycles. The maximum Gasteiger partial charge on any atom is 0.387 e. The molecule has 0 radical (unpaired) electrons. The van der Waals surface area contributed by atoms with Crippen LogP contribution in [0.25, 0.3) is 0 Å². The summed E-state index contributed by atoms with van der Waals surface area (Å²) in [5.74, 6) is -0.539. The summed E-state index contributed by atoms with van der Waals surface area (Å²) in [6.07, 6.45) is 0. The quantitative estimate of drug-likeness (QED) is 0.797. The second-order valence-electron chi connectivity index (χ2n) is 5.97. The molecule has 5 nitrogen and oxygen atoms in total. The molecule has 0 aliphatic carbocycles. The molecule has 1 saturated heterocycles. The number of hydrogen-bond acceptors (Lipinski definition) is 3. The van der Waals surface area contributed by atoms with Crippen molar-refractivity contribution in [1.29, 1.82) is 0 Å². The van der Waals surface area contributed by atoms with Crippen molar-refractivity contribution in [2.24, 2.45) is 0 Å². The van der Waals surface area contributed by atoms with Crippen LogP contribution in [0.15, 0.2) is 48.5 Å². The van der Waals surface area contributed by atoms with Gasteiger partial charge in [0.1, 0.15) is 5.75 Å². The monoisotopic (exact) mass is 394 g/mol. The van der Waals surface area contributed by atoms with Crippen LogP contribution >= 0.6 is 11.6 Å². The molecular weight excluding hydrogens is 378 g/mol. The molecule has 0 bridgehead atoms. The zero-order valence-electron chi connectivity index (χ0n) is 14.3. The lowest BCUT2D eigenvalue weighted by atomic mass is 10.1. The average molecular weight is 395 g/mol. The minimum Gasteiger partial charge on any atom is -0.435 e. The molecule has 3 rings (SSSR count). The summed E-state index contributed by atoms with van der Waals surface area (Å²) >= 11 is 6.07. The Morgan fingerprint density at radius 2 is 1.56 bits per heavy atom. The molecule has 2 aromatic rings. The van der Waals surface area contributed by atoms with Gasteiger partial charge < -0.3 is 14.5 Å². The van der Waals surface area contributed by atoms with E-state index in [-0.39, 0.29) is 23.1 Å². The van der Waals surface area contributed by atoms with Crippen molar-refractivity contribution in [3.63, 3.8) is 0 Å². The van der Waals surface area contributed by atoms with Crippen LogP contribution < -0.4 is 4.74 Å². The highest BCUT2D eigenvalue weighted by Gasteiger charge is 2.26. The molecule has 0 saturated carbocycles. The van der Waals surface area contributed by atoms with Gasteiger partial charge in [0.05, 0.1) is 10.6 Å². The molecule has 1 heterocycles. The van der Waals surface area contributed by atoms with Gasteiger partial charge in [-0.1, -0.05) is 29.8 Å². The third-order valence-electron chi connectivity index (χ3n) is 4.26. The van der Waals surface area contributed by atoms with Crippen molar-refractivity contribution in [3.05, 3.63) is 64.7 Å². The fraction of sp³-hybridized carbons (Fsp3) is 0.263. The smallest absolute Gasteiger partial charge is 0.387 e. The summed E-state index contributed by atoms with van der Waals surface area (Å²) in [5, 5.41) is 0.386. The van der Waals surface area contributed by atoms with Crippen molar-refractivity contribution in [3.8, 4) is 5.75 Å². The van der Waals surface area contributed by atoms with E-state index in [9.17, 15) is 18.4 Å². The van der Waals surface area contributed by atoms with Crippen molar-refractivity contribution in [2.75, 3.05) is 26.2 Å². The number of nitrogens with zero attached hydrogens (tertiary/aromatic N) is 2. The first-order valence-electron chi connectivity index (χ1n) is 8.33. The van der Waals surface area contributed by atoms with Crippen molar-refractivity contribution in [1.82, 2.24) is 9.80 Å². The lowest BCUT2D eigenvalue weighted by Gasteiger charge is -2.35. The number of carbonyl (C=O) groups excluding carboxylic acids is 2. The zero-order chi connectivity index (χ0) is 19.4. The summed E-state index contributed by atoms with van der Waals surface area (Å²) in [6.45, 7) is -1.54. The summed E-state index contributed by atoms with van der Waals surface area (Å²) in [4.78, 5) is 28.4. The van der Waals surface area contributed by atoms with Crippen LogP contribution in [0.3, 0.4) is 0 Å². The van der Waals surface area contributed by atoms with Gasteiger partial charge in [0.2, 0.25) is 0 Å². The number of piperazine rings is 1. The Kier molecular flexibility index (Phi) is 5.91. The fourth-order valence-corrected chi connectivity index (χ4v) is 3.12. The number of alkyl halides is 2. The van der Waals surface area contributed by atoms with Crippen LogP contribution in [0.2, 0.25) is 5.02 Å². The van der Waals surface area contributed by atoms with Gasteiger partial charge in [0.15, 0.2) is 0 Å². The first-order chi connectivity index (χ1) is 13.0. The Morgan fingerprint density at radius 1 is 0.926 bits per heavy atom. The summed E-state index contributed by atoms with van der Waals surface area (Å²) in [6, 6.07) is 12.5. The Bertz CT molecular complexity index is 839. The number of benzene rings is 2. The number of rotatable bonds is 4. The van der Waals surface area contributed by atoms with Crippen molar-refractivity contribution in [2.45, 2.75) is 6.61 Å². The molecule has 2 aromatic carbocycles. The molecular formula is C19H17ClF2N2O3. The van der Waals surface area contributed by atoms with Crippen LogP contribution in [0.4, 0.5) is 8.78 Å². The van der Waals surface area contributed by atoms with Crippen LogP contribution in [-0.2, 0) is 0 Å². The van der Waals surface area contributed by atoms with Gasteiger partial charge in [-0.15, -0.1) is 0 Å². The van der Waals surface area contributed by atoms with E-state index in [1.807, 2.05) is 0 Å². The Morgan fingerprint density at radius 3 is 2.19 bits per heavy atom. The minimum absolute atomic E-state index is 0.0663. The number of carbonyl (C=O) groups is 2. The van der Waals surface area contributed by atoms with Crippen LogP contribution in [0, 0.1) is 0 Å². The van der Waals surface area contributed by atoms with E-state index in [1.54, 1.807) is 40.1 Å². The Hall–Kier alpha value is -2.67. The van der Waals surface area contributed by atoms with E-state index >= 15 is 0 Å². The molecule has 0 N–H and O–H groups in total.